The third kappa shape index (κ3) is 12.2. The van der Waals surface area contributed by atoms with E-state index in [9.17, 15) is 24.9 Å². The zero-order valence-electron chi connectivity index (χ0n) is 29.6. The van der Waals surface area contributed by atoms with Gasteiger partial charge in [0.2, 0.25) is 0 Å². The quantitative estimate of drug-likeness (QED) is 0.0781. The molecular weight excluding hydrogens is 776 g/mol. The highest BCUT2D eigenvalue weighted by molar-refractivity contribution is 6.38. The van der Waals surface area contributed by atoms with E-state index in [2.05, 4.69) is 28.1 Å². The maximum absolute atomic E-state index is 12.8. The van der Waals surface area contributed by atoms with Crippen molar-refractivity contribution in [3.8, 4) is 23.6 Å². The second-order valence-electron chi connectivity index (χ2n) is 12.6. The summed E-state index contributed by atoms with van der Waals surface area (Å²) in [6.45, 7) is 7.39. The molecule has 1 amide bonds. The smallest absolute Gasteiger partial charge is 0.333 e. The second-order valence-corrected chi connectivity index (χ2v) is 14.2. The molecule has 0 radical (unpaired) electrons. The molecular formula is C39H35Cl4N5O6. The van der Waals surface area contributed by atoms with Crippen LogP contribution in [0.1, 0.15) is 65.9 Å². The molecule has 0 aromatic heterocycles. The summed E-state index contributed by atoms with van der Waals surface area (Å²) in [5.74, 6) is -2.33. The number of carbonyl (C=O) groups is 3. The molecule has 0 heterocycles. The van der Waals surface area contributed by atoms with E-state index < -0.39 is 24.4 Å². The van der Waals surface area contributed by atoms with Crippen molar-refractivity contribution in [2.75, 3.05) is 17.2 Å². The molecule has 0 spiro atoms. The van der Waals surface area contributed by atoms with Crippen LogP contribution in [0.25, 0.3) is 0 Å². The minimum atomic E-state index is -1.01. The van der Waals surface area contributed by atoms with Gasteiger partial charge in [0.25, 0.3) is 5.91 Å². The van der Waals surface area contributed by atoms with Gasteiger partial charge in [-0.05, 0) is 105 Å². The molecule has 280 valence electrons. The zero-order chi connectivity index (χ0) is 39.5. The van der Waals surface area contributed by atoms with Gasteiger partial charge in [0.05, 0.1) is 49.8 Å². The standard InChI is InChI=1S/C39H35Cl4N5O6/c1-21(2)47-29-7-24(16-44)5-26(9-29)19-52-37-31(40)11-23(12-32(37)41)13-35(49)54-36(50)18-46-39(51)28-14-33(42)38(34(43)15-28)53-20-27-6-25(17-45)8-30(10-27)48-22(3)4/h5-12,14-15,21-22,47-48H,13,18-20H2,1-4H3,(H,46,51). The van der Waals surface area contributed by atoms with Crippen molar-refractivity contribution in [1.29, 1.82) is 10.5 Å². The van der Waals surface area contributed by atoms with Crippen molar-refractivity contribution < 1.29 is 28.6 Å². The average molecular weight is 812 g/mol. The van der Waals surface area contributed by atoms with Gasteiger partial charge in [-0.1, -0.05) is 46.4 Å². The summed E-state index contributed by atoms with van der Waals surface area (Å²) in [6.07, 6.45) is -0.350. The van der Waals surface area contributed by atoms with Gasteiger partial charge in [-0.15, -0.1) is 0 Å². The lowest BCUT2D eigenvalue weighted by Crippen LogP contribution is -2.32. The molecule has 4 aromatic rings. The molecule has 11 nitrogen and oxygen atoms in total. The fourth-order valence-corrected chi connectivity index (χ4v) is 6.36. The van der Waals surface area contributed by atoms with Gasteiger partial charge in [0.15, 0.2) is 11.5 Å². The van der Waals surface area contributed by atoms with Crippen LogP contribution in [-0.4, -0.2) is 36.5 Å². The third-order valence-electron chi connectivity index (χ3n) is 7.21. The van der Waals surface area contributed by atoms with E-state index in [1.807, 2.05) is 39.8 Å². The van der Waals surface area contributed by atoms with Gasteiger partial charge in [-0.3, -0.25) is 9.59 Å². The molecule has 4 rings (SSSR count). The van der Waals surface area contributed by atoms with E-state index in [-0.39, 0.29) is 68.9 Å². The topological polar surface area (TPSA) is 163 Å². The Hall–Kier alpha value is -5.17. The Labute approximate surface area is 333 Å². The Morgan fingerprint density at radius 2 is 1.07 bits per heavy atom. The fourth-order valence-electron chi connectivity index (χ4n) is 5.13. The number of carbonyl (C=O) groups excluding carboxylic acids is 3. The van der Waals surface area contributed by atoms with Crippen LogP contribution >= 0.6 is 46.4 Å². The van der Waals surface area contributed by atoms with E-state index in [0.29, 0.717) is 27.8 Å². The lowest BCUT2D eigenvalue weighted by Gasteiger charge is -2.15. The fraction of sp³-hybridized carbons (Fsp3) is 0.256. The molecule has 0 aliphatic carbocycles. The number of nitriles is 2. The van der Waals surface area contributed by atoms with E-state index in [1.54, 1.807) is 24.3 Å². The predicted octanol–water partition coefficient (Wildman–Crippen LogP) is 8.88. The van der Waals surface area contributed by atoms with Gasteiger partial charge >= 0.3 is 11.9 Å². The first-order valence-electron chi connectivity index (χ1n) is 16.5. The summed E-state index contributed by atoms with van der Waals surface area (Å²) in [4.78, 5) is 37.7. The zero-order valence-corrected chi connectivity index (χ0v) is 32.6. The molecule has 0 bridgehead atoms. The Morgan fingerprint density at radius 3 is 1.50 bits per heavy atom. The molecule has 0 saturated heterocycles. The molecule has 0 saturated carbocycles. The average Bonchev–Trinajstić information content (AvgIpc) is 3.08. The van der Waals surface area contributed by atoms with Crippen LogP contribution in [0.4, 0.5) is 11.4 Å². The van der Waals surface area contributed by atoms with Gasteiger partial charge in [-0.25, -0.2) is 4.79 Å². The molecule has 0 fully saturated rings. The van der Waals surface area contributed by atoms with Crippen LogP contribution in [0.15, 0.2) is 60.7 Å². The molecule has 0 aliphatic rings. The maximum Gasteiger partial charge on any atom is 0.333 e. The molecule has 15 heteroatoms. The van der Waals surface area contributed by atoms with E-state index >= 15 is 0 Å². The Balaban J connectivity index is 1.29. The van der Waals surface area contributed by atoms with Crippen LogP contribution in [0.3, 0.4) is 0 Å². The molecule has 54 heavy (non-hydrogen) atoms. The summed E-state index contributed by atoms with van der Waals surface area (Å²) in [7, 11) is 0. The largest absolute Gasteiger partial charge is 0.486 e. The Morgan fingerprint density at radius 1 is 0.630 bits per heavy atom. The number of halogens is 4. The highest BCUT2D eigenvalue weighted by Gasteiger charge is 2.19. The van der Waals surface area contributed by atoms with Gasteiger partial charge in [0.1, 0.15) is 19.8 Å². The minimum absolute atomic E-state index is 0.0309. The van der Waals surface area contributed by atoms with Crippen molar-refractivity contribution in [2.45, 2.75) is 59.4 Å². The predicted molar refractivity (Wildman–Crippen MR) is 209 cm³/mol. The Bertz CT molecular complexity index is 2100. The number of amides is 1. The number of nitrogens with zero attached hydrogens (tertiary/aromatic N) is 2. The number of ether oxygens (including phenoxy) is 3. The lowest BCUT2D eigenvalue weighted by molar-refractivity contribution is -0.158. The van der Waals surface area contributed by atoms with Crippen LogP contribution in [0.2, 0.25) is 20.1 Å². The first kappa shape index (κ1) is 41.6. The summed E-state index contributed by atoms with van der Waals surface area (Å²) in [5, 5.41) is 28.0. The molecule has 3 N–H and O–H groups in total. The van der Waals surface area contributed by atoms with E-state index in [1.165, 1.54) is 24.3 Å². The monoisotopic (exact) mass is 809 g/mol. The SMILES string of the molecule is CC(C)Nc1cc(C#N)cc(COc2c(Cl)cc(CC(=O)OC(=O)CNC(=O)c3cc(Cl)c(OCc4cc(C#N)cc(NC(C)C)c4)c(Cl)c3)cc2Cl)c1. The number of hydrogen-bond acceptors (Lipinski definition) is 10. The van der Waals surface area contributed by atoms with Crippen LogP contribution < -0.4 is 25.4 Å². The van der Waals surface area contributed by atoms with Crippen LogP contribution in [0.5, 0.6) is 11.5 Å². The molecule has 0 unspecified atom stereocenters. The molecule has 4 aromatic carbocycles. The number of anilines is 2. The van der Waals surface area contributed by atoms with E-state index in [4.69, 9.17) is 60.6 Å². The van der Waals surface area contributed by atoms with Gasteiger partial charge in [0, 0.05) is 29.0 Å². The highest BCUT2D eigenvalue weighted by atomic mass is 35.5. The van der Waals surface area contributed by atoms with Gasteiger partial charge in [-0.2, -0.15) is 10.5 Å². The van der Waals surface area contributed by atoms with Gasteiger partial charge < -0.3 is 30.2 Å². The second kappa shape index (κ2) is 19.2. The first-order valence-corrected chi connectivity index (χ1v) is 18.0. The van der Waals surface area contributed by atoms with Crippen molar-refractivity contribution in [2.24, 2.45) is 0 Å². The summed E-state index contributed by atoms with van der Waals surface area (Å²) < 4.78 is 16.6. The number of nitrogens with one attached hydrogen (secondary N) is 3. The van der Waals surface area contributed by atoms with Crippen molar-refractivity contribution in [3.05, 3.63) is 114 Å². The summed E-state index contributed by atoms with van der Waals surface area (Å²) in [6, 6.07) is 20.6. The highest BCUT2D eigenvalue weighted by Crippen LogP contribution is 2.36. The number of hydrogen-bond donors (Lipinski definition) is 3. The number of esters is 2. The number of rotatable bonds is 15. The number of benzene rings is 4. The van der Waals surface area contributed by atoms with Crippen LogP contribution in [-0.2, 0) is 34.0 Å². The Kier molecular flexibility index (Phi) is 14.8. The minimum Gasteiger partial charge on any atom is -0.486 e. The summed E-state index contributed by atoms with van der Waals surface area (Å²) in [5.41, 5.74) is 4.22. The van der Waals surface area contributed by atoms with E-state index in [0.717, 1.165) is 11.4 Å². The van der Waals surface area contributed by atoms with Crippen LogP contribution in [0, 0.1) is 22.7 Å². The molecule has 0 atom stereocenters. The molecule has 0 aliphatic heterocycles. The summed E-state index contributed by atoms with van der Waals surface area (Å²) >= 11 is 25.6. The normalized spacial score (nSPS) is 10.7. The van der Waals surface area contributed by atoms with Crippen molar-refractivity contribution >= 4 is 75.6 Å². The lowest BCUT2D eigenvalue weighted by atomic mass is 10.1. The first-order chi connectivity index (χ1) is 25.6. The van der Waals surface area contributed by atoms with Crippen molar-refractivity contribution in [3.63, 3.8) is 0 Å². The third-order valence-corrected chi connectivity index (χ3v) is 8.33. The van der Waals surface area contributed by atoms with Crippen molar-refractivity contribution in [1.82, 2.24) is 5.32 Å². The maximum atomic E-state index is 12.8.